The van der Waals surface area contributed by atoms with Gasteiger partial charge >= 0.3 is 11.9 Å². The number of esters is 2. The molecule has 0 heterocycles. The van der Waals surface area contributed by atoms with E-state index >= 15 is 0 Å². The third kappa shape index (κ3) is 5.84. The van der Waals surface area contributed by atoms with Crippen molar-refractivity contribution in [3.8, 4) is 11.5 Å². The summed E-state index contributed by atoms with van der Waals surface area (Å²) in [6.07, 6.45) is 0. The quantitative estimate of drug-likeness (QED) is 0.476. The first-order chi connectivity index (χ1) is 14.4. The molecule has 0 aliphatic carbocycles. The predicted molar refractivity (Wildman–Crippen MR) is 118 cm³/mol. The molecule has 0 atom stereocenters. The van der Waals surface area contributed by atoms with Gasteiger partial charge in [0.25, 0.3) is 0 Å². The van der Waals surface area contributed by atoms with Crippen molar-refractivity contribution in [3.05, 3.63) is 47.5 Å². The second kappa shape index (κ2) is 11.0. The summed E-state index contributed by atoms with van der Waals surface area (Å²) < 4.78 is 20.7. The van der Waals surface area contributed by atoms with Crippen LogP contribution in [0.15, 0.2) is 36.4 Å². The summed E-state index contributed by atoms with van der Waals surface area (Å²) in [6, 6.07) is 9.67. The summed E-state index contributed by atoms with van der Waals surface area (Å²) in [6.45, 7) is 3.86. The number of carbonyl (C=O) groups excluding carboxylic acids is 2. The Balaban J connectivity index is 2.32. The maximum absolute atomic E-state index is 12.3. The number of hydrogen-bond donors (Lipinski definition) is 2. The van der Waals surface area contributed by atoms with E-state index in [9.17, 15) is 9.59 Å². The monoisotopic (exact) mass is 432 g/mol. The van der Waals surface area contributed by atoms with Crippen LogP contribution in [0.2, 0.25) is 0 Å². The predicted octanol–water partition coefficient (Wildman–Crippen LogP) is 3.87. The zero-order valence-electron chi connectivity index (χ0n) is 17.2. The molecule has 0 aliphatic heterocycles. The SMILES string of the molecule is CCOC(=O)c1ccc(C(=O)OCC)c(NC(=S)Nc2cc(OC)ccc2OC)c1. The topological polar surface area (TPSA) is 95.1 Å². The Morgan fingerprint density at radius 1 is 0.867 bits per heavy atom. The van der Waals surface area contributed by atoms with Gasteiger partial charge in [0.1, 0.15) is 11.5 Å². The van der Waals surface area contributed by atoms with Gasteiger partial charge in [0, 0.05) is 6.07 Å². The van der Waals surface area contributed by atoms with Gasteiger partial charge < -0.3 is 29.6 Å². The summed E-state index contributed by atoms with van der Waals surface area (Å²) in [5, 5.41) is 6.12. The lowest BCUT2D eigenvalue weighted by molar-refractivity contribution is 0.0512. The molecular weight excluding hydrogens is 408 g/mol. The number of carbonyl (C=O) groups is 2. The highest BCUT2D eigenvalue weighted by molar-refractivity contribution is 7.80. The normalized spacial score (nSPS) is 10.0. The molecule has 2 rings (SSSR count). The van der Waals surface area contributed by atoms with E-state index in [1.54, 1.807) is 39.2 Å². The van der Waals surface area contributed by atoms with E-state index in [1.807, 2.05) is 0 Å². The van der Waals surface area contributed by atoms with Crippen LogP contribution in [-0.4, -0.2) is 44.5 Å². The largest absolute Gasteiger partial charge is 0.497 e. The van der Waals surface area contributed by atoms with E-state index in [0.29, 0.717) is 22.9 Å². The zero-order chi connectivity index (χ0) is 22.1. The molecule has 2 aromatic carbocycles. The number of nitrogens with one attached hydrogen (secondary N) is 2. The van der Waals surface area contributed by atoms with Gasteiger partial charge in [0.15, 0.2) is 5.11 Å². The minimum atomic E-state index is -0.544. The van der Waals surface area contributed by atoms with Crippen molar-refractivity contribution in [2.45, 2.75) is 13.8 Å². The Kier molecular flexibility index (Phi) is 8.42. The summed E-state index contributed by atoms with van der Waals surface area (Å²) >= 11 is 5.39. The Morgan fingerprint density at radius 3 is 2.17 bits per heavy atom. The molecule has 0 bridgehead atoms. The van der Waals surface area contributed by atoms with Gasteiger partial charge in [-0.25, -0.2) is 9.59 Å². The van der Waals surface area contributed by atoms with Crippen LogP contribution in [0.4, 0.5) is 11.4 Å². The fourth-order valence-corrected chi connectivity index (χ4v) is 2.78. The van der Waals surface area contributed by atoms with Crippen LogP contribution >= 0.6 is 12.2 Å². The second-order valence-corrected chi connectivity index (χ2v) is 6.25. The smallest absolute Gasteiger partial charge is 0.340 e. The Labute approximate surface area is 180 Å². The molecule has 2 aromatic rings. The lowest BCUT2D eigenvalue weighted by Gasteiger charge is -2.16. The average molecular weight is 432 g/mol. The summed E-state index contributed by atoms with van der Waals surface area (Å²) in [5.41, 5.74) is 1.37. The molecule has 160 valence electrons. The van der Waals surface area contributed by atoms with Gasteiger partial charge in [-0.15, -0.1) is 0 Å². The molecule has 8 nitrogen and oxygen atoms in total. The van der Waals surface area contributed by atoms with E-state index < -0.39 is 11.9 Å². The first-order valence-electron chi connectivity index (χ1n) is 9.21. The molecule has 0 aromatic heterocycles. The Morgan fingerprint density at radius 2 is 1.53 bits per heavy atom. The summed E-state index contributed by atoms with van der Waals surface area (Å²) in [5.74, 6) is 0.102. The third-order valence-corrected chi connectivity index (χ3v) is 4.13. The lowest BCUT2D eigenvalue weighted by Crippen LogP contribution is -2.22. The standard InChI is InChI=1S/C21H24N2O6S/c1-5-28-19(24)13-7-9-15(20(25)29-6-2)16(11-13)22-21(30)23-17-12-14(26-3)8-10-18(17)27-4/h7-12H,5-6H2,1-4H3,(H2,22,23,30). The summed E-state index contributed by atoms with van der Waals surface area (Å²) in [7, 11) is 3.08. The van der Waals surface area contributed by atoms with E-state index in [0.717, 1.165) is 0 Å². The van der Waals surface area contributed by atoms with Crippen LogP contribution in [0.25, 0.3) is 0 Å². The van der Waals surface area contributed by atoms with Crippen molar-refractivity contribution in [2.75, 3.05) is 38.1 Å². The van der Waals surface area contributed by atoms with Crippen LogP contribution in [0.1, 0.15) is 34.6 Å². The van der Waals surface area contributed by atoms with Gasteiger partial charge in [-0.05, 0) is 56.4 Å². The Bertz CT molecular complexity index is 932. The van der Waals surface area contributed by atoms with Crippen molar-refractivity contribution in [1.82, 2.24) is 0 Å². The van der Waals surface area contributed by atoms with Gasteiger partial charge in [-0.2, -0.15) is 0 Å². The van der Waals surface area contributed by atoms with Crippen molar-refractivity contribution in [3.63, 3.8) is 0 Å². The molecule has 0 amide bonds. The molecular formula is C21H24N2O6S. The van der Waals surface area contributed by atoms with Crippen molar-refractivity contribution in [2.24, 2.45) is 0 Å². The molecule has 0 radical (unpaired) electrons. The highest BCUT2D eigenvalue weighted by atomic mass is 32.1. The molecule has 0 fully saturated rings. The highest BCUT2D eigenvalue weighted by Gasteiger charge is 2.18. The highest BCUT2D eigenvalue weighted by Crippen LogP contribution is 2.29. The number of thiocarbonyl (C=S) groups is 1. The van der Waals surface area contributed by atoms with Crippen molar-refractivity contribution in [1.29, 1.82) is 0 Å². The van der Waals surface area contributed by atoms with E-state index in [1.165, 1.54) is 25.3 Å². The van der Waals surface area contributed by atoms with Crippen LogP contribution in [0, 0.1) is 0 Å². The minimum absolute atomic E-state index is 0.174. The van der Waals surface area contributed by atoms with Gasteiger partial charge in [-0.3, -0.25) is 0 Å². The number of rotatable bonds is 8. The number of ether oxygens (including phenoxy) is 4. The fourth-order valence-electron chi connectivity index (χ4n) is 2.56. The Hall–Kier alpha value is -3.33. The van der Waals surface area contributed by atoms with Crippen LogP contribution in [0.5, 0.6) is 11.5 Å². The van der Waals surface area contributed by atoms with E-state index in [-0.39, 0.29) is 29.5 Å². The zero-order valence-corrected chi connectivity index (χ0v) is 18.1. The van der Waals surface area contributed by atoms with E-state index in [4.69, 9.17) is 31.2 Å². The summed E-state index contributed by atoms with van der Waals surface area (Å²) in [4.78, 5) is 24.4. The molecule has 0 unspecified atom stereocenters. The average Bonchev–Trinajstić information content (AvgIpc) is 2.73. The number of anilines is 2. The van der Waals surface area contributed by atoms with Gasteiger partial charge in [0.2, 0.25) is 0 Å². The maximum Gasteiger partial charge on any atom is 0.340 e. The fraction of sp³-hybridized carbons (Fsp3) is 0.286. The van der Waals surface area contributed by atoms with E-state index in [2.05, 4.69) is 10.6 Å². The molecule has 0 saturated carbocycles. The van der Waals surface area contributed by atoms with Gasteiger partial charge in [-0.1, -0.05) is 0 Å². The number of benzene rings is 2. The third-order valence-electron chi connectivity index (χ3n) is 3.93. The lowest BCUT2D eigenvalue weighted by atomic mass is 10.1. The van der Waals surface area contributed by atoms with Crippen LogP contribution in [-0.2, 0) is 9.47 Å². The minimum Gasteiger partial charge on any atom is -0.497 e. The molecule has 2 N–H and O–H groups in total. The molecule has 9 heteroatoms. The van der Waals surface area contributed by atoms with Gasteiger partial charge in [0.05, 0.1) is 49.9 Å². The van der Waals surface area contributed by atoms with Crippen LogP contribution in [0.3, 0.4) is 0 Å². The molecule has 0 aliphatic rings. The first-order valence-corrected chi connectivity index (χ1v) is 9.62. The second-order valence-electron chi connectivity index (χ2n) is 5.85. The maximum atomic E-state index is 12.3. The molecule has 30 heavy (non-hydrogen) atoms. The number of methoxy groups -OCH3 is 2. The molecule has 0 spiro atoms. The van der Waals surface area contributed by atoms with Crippen LogP contribution < -0.4 is 20.1 Å². The number of hydrogen-bond acceptors (Lipinski definition) is 7. The van der Waals surface area contributed by atoms with Crippen molar-refractivity contribution < 1.29 is 28.5 Å². The first kappa shape index (κ1) is 23.0. The van der Waals surface area contributed by atoms with Crippen molar-refractivity contribution >= 4 is 40.6 Å². The molecule has 0 saturated heterocycles.